The molecule has 5 rings (SSSR count). The molecule has 2 nitrogen and oxygen atoms in total. The van der Waals surface area contributed by atoms with Crippen LogP contribution in [0.25, 0.3) is 0 Å². The first-order chi connectivity index (χ1) is 11.9. The molecule has 4 bridgehead atoms. The second kappa shape index (κ2) is 5.30. The van der Waals surface area contributed by atoms with E-state index in [2.05, 4.69) is 72.8 Å². The molecule has 2 aliphatic carbocycles. The van der Waals surface area contributed by atoms with Crippen LogP contribution in [0.5, 0.6) is 0 Å². The van der Waals surface area contributed by atoms with Gasteiger partial charge in [-0.15, -0.1) is 0 Å². The van der Waals surface area contributed by atoms with E-state index in [-0.39, 0.29) is 18.1 Å². The van der Waals surface area contributed by atoms with E-state index in [4.69, 9.17) is 4.74 Å². The van der Waals surface area contributed by atoms with E-state index in [0.717, 1.165) is 6.61 Å². The van der Waals surface area contributed by atoms with Gasteiger partial charge < -0.3 is 9.84 Å². The highest BCUT2D eigenvalue weighted by Crippen LogP contribution is 2.66. The molecule has 1 aliphatic heterocycles. The van der Waals surface area contributed by atoms with E-state index in [1.165, 1.54) is 11.1 Å². The monoisotopic (exact) mass is 318 g/mol. The van der Waals surface area contributed by atoms with Crippen LogP contribution in [0.2, 0.25) is 0 Å². The number of rotatable bonds is 4. The lowest BCUT2D eigenvalue weighted by Crippen LogP contribution is -2.45. The Morgan fingerprint density at radius 3 is 2.04 bits per heavy atom. The van der Waals surface area contributed by atoms with Crippen molar-refractivity contribution in [2.24, 2.45) is 23.7 Å². The molecule has 1 unspecified atom stereocenters. The van der Waals surface area contributed by atoms with Gasteiger partial charge in [-0.2, -0.15) is 0 Å². The fourth-order valence-corrected chi connectivity index (χ4v) is 5.63. The second-order valence-corrected chi connectivity index (χ2v) is 7.37. The lowest BCUT2D eigenvalue weighted by molar-refractivity contribution is -0.0831. The third-order valence-electron chi connectivity index (χ3n) is 6.49. The molecule has 0 amide bonds. The van der Waals surface area contributed by atoms with Crippen molar-refractivity contribution in [3.05, 3.63) is 83.9 Å². The maximum Gasteiger partial charge on any atom is 0.0922 e. The van der Waals surface area contributed by atoms with Crippen molar-refractivity contribution in [2.45, 2.75) is 11.5 Å². The molecule has 1 N–H and O–H groups in total. The summed E-state index contributed by atoms with van der Waals surface area (Å²) in [5, 5.41) is 9.96. The summed E-state index contributed by atoms with van der Waals surface area (Å²) in [6.07, 6.45) is 4.66. The number of aliphatic hydroxyl groups excluding tert-OH is 1. The van der Waals surface area contributed by atoms with Crippen LogP contribution >= 0.6 is 0 Å². The minimum absolute atomic E-state index is 0.200. The zero-order valence-electron chi connectivity index (χ0n) is 13.6. The molecule has 2 heteroatoms. The molecule has 0 aromatic heterocycles. The first-order valence-electron chi connectivity index (χ1n) is 8.89. The van der Waals surface area contributed by atoms with Crippen molar-refractivity contribution in [3.8, 4) is 0 Å². The maximum atomic E-state index is 9.96. The van der Waals surface area contributed by atoms with Gasteiger partial charge in [0.05, 0.1) is 12.2 Å². The maximum absolute atomic E-state index is 9.96. The predicted octanol–water partition coefficient (Wildman–Crippen LogP) is 3.63. The zero-order valence-corrected chi connectivity index (χ0v) is 13.6. The van der Waals surface area contributed by atoms with Crippen LogP contribution in [0.15, 0.2) is 72.8 Å². The van der Waals surface area contributed by atoms with Gasteiger partial charge in [0.15, 0.2) is 0 Å². The van der Waals surface area contributed by atoms with Crippen molar-refractivity contribution in [2.75, 3.05) is 13.2 Å². The summed E-state index contributed by atoms with van der Waals surface area (Å²) in [5.74, 6) is 1.71. The van der Waals surface area contributed by atoms with Gasteiger partial charge in [0.1, 0.15) is 0 Å². The van der Waals surface area contributed by atoms with Crippen molar-refractivity contribution >= 4 is 0 Å². The van der Waals surface area contributed by atoms with E-state index in [1.54, 1.807) is 0 Å². The molecule has 2 aromatic rings. The molecule has 2 fully saturated rings. The molecule has 3 aliphatic rings. The first-order valence-corrected chi connectivity index (χ1v) is 8.89. The van der Waals surface area contributed by atoms with Crippen LogP contribution in [-0.4, -0.2) is 23.9 Å². The molecule has 24 heavy (non-hydrogen) atoms. The first kappa shape index (κ1) is 14.4. The van der Waals surface area contributed by atoms with E-state index < -0.39 is 0 Å². The summed E-state index contributed by atoms with van der Waals surface area (Å²) in [6.45, 7) is 1.03. The van der Waals surface area contributed by atoms with Gasteiger partial charge in [-0.05, 0) is 23.0 Å². The number of aliphatic hydroxyl groups is 1. The van der Waals surface area contributed by atoms with Crippen LogP contribution in [0.4, 0.5) is 0 Å². The Morgan fingerprint density at radius 2 is 1.50 bits per heavy atom. The molecule has 2 aromatic carbocycles. The Balaban J connectivity index is 1.69. The van der Waals surface area contributed by atoms with Crippen LogP contribution in [0.3, 0.4) is 0 Å². The quantitative estimate of drug-likeness (QED) is 0.872. The lowest BCUT2D eigenvalue weighted by Gasteiger charge is -2.42. The van der Waals surface area contributed by atoms with E-state index >= 15 is 0 Å². The molecule has 5 atom stereocenters. The molecule has 122 valence electrons. The fourth-order valence-electron chi connectivity index (χ4n) is 5.63. The van der Waals surface area contributed by atoms with Gasteiger partial charge in [-0.1, -0.05) is 72.8 Å². The van der Waals surface area contributed by atoms with Crippen molar-refractivity contribution < 1.29 is 9.84 Å². The van der Waals surface area contributed by atoms with E-state index in [0.29, 0.717) is 23.7 Å². The topological polar surface area (TPSA) is 29.5 Å². The molecule has 0 spiro atoms. The minimum atomic E-state index is -0.235. The smallest absolute Gasteiger partial charge is 0.0922 e. The number of benzene rings is 2. The largest absolute Gasteiger partial charge is 0.396 e. The number of hydrogen-bond acceptors (Lipinski definition) is 2. The lowest BCUT2D eigenvalue weighted by atomic mass is 9.70. The van der Waals surface area contributed by atoms with Gasteiger partial charge in [0, 0.05) is 24.4 Å². The van der Waals surface area contributed by atoms with Gasteiger partial charge in [0.2, 0.25) is 0 Å². The summed E-state index contributed by atoms with van der Waals surface area (Å²) in [4.78, 5) is 0. The third-order valence-corrected chi connectivity index (χ3v) is 6.49. The standard InChI is InChI=1S/C22H22O2/c23-13-17-18-14-24-22(19(17)11-12-20(18)22)21(15-7-3-1-4-8-15)16-9-5-2-6-10-16/h1-12,17-21,23H,13-14H2/t17-,18-,19-,20+,22?/m0/s1. The SMILES string of the molecule is OC[C@H]1[C@@H]2COC3(C(c4ccccc4)c4ccccc4)[C@@H]2C=C[C@@H]13. The Labute approximate surface area is 142 Å². The highest BCUT2D eigenvalue weighted by molar-refractivity contribution is 5.43. The Hall–Kier alpha value is -1.90. The predicted molar refractivity (Wildman–Crippen MR) is 93.6 cm³/mol. The average Bonchev–Trinajstić information content (AvgIpc) is 3.27. The van der Waals surface area contributed by atoms with Gasteiger partial charge in [0.25, 0.3) is 0 Å². The van der Waals surface area contributed by atoms with Crippen LogP contribution in [-0.2, 0) is 4.74 Å². The average molecular weight is 318 g/mol. The van der Waals surface area contributed by atoms with Gasteiger partial charge in [-0.3, -0.25) is 0 Å². The zero-order chi connectivity index (χ0) is 16.1. The number of hydrogen-bond donors (Lipinski definition) is 1. The second-order valence-electron chi connectivity index (χ2n) is 7.37. The Morgan fingerprint density at radius 1 is 0.917 bits per heavy atom. The summed E-state index contributed by atoms with van der Waals surface area (Å²) in [6, 6.07) is 21.5. The van der Waals surface area contributed by atoms with Gasteiger partial charge >= 0.3 is 0 Å². The third kappa shape index (κ3) is 1.73. The highest BCUT2D eigenvalue weighted by Gasteiger charge is 2.69. The summed E-state index contributed by atoms with van der Waals surface area (Å²) >= 11 is 0. The summed E-state index contributed by atoms with van der Waals surface area (Å²) in [7, 11) is 0. The van der Waals surface area contributed by atoms with Crippen LogP contribution < -0.4 is 0 Å². The number of ether oxygens (including phenoxy) is 1. The highest BCUT2D eigenvalue weighted by atomic mass is 16.5. The molecular weight excluding hydrogens is 296 g/mol. The van der Waals surface area contributed by atoms with Crippen LogP contribution in [0.1, 0.15) is 17.0 Å². The van der Waals surface area contributed by atoms with Crippen molar-refractivity contribution in [1.29, 1.82) is 0 Å². The molecule has 0 radical (unpaired) electrons. The minimum Gasteiger partial charge on any atom is -0.396 e. The summed E-state index contributed by atoms with van der Waals surface area (Å²) in [5.41, 5.74) is 2.38. The van der Waals surface area contributed by atoms with Gasteiger partial charge in [-0.25, -0.2) is 0 Å². The normalized spacial score (nSPS) is 35.9. The fraction of sp³-hybridized carbons (Fsp3) is 0.364. The van der Waals surface area contributed by atoms with Crippen LogP contribution in [0, 0.1) is 23.7 Å². The van der Waals surface area contributed by atoms with E-state index in [9.17, 15) is 5.11 Å². The van der Waals surface area contributed by atoms with Crippen molar-refractivity contribution in [1.82, 2.24) is 0 Å². The molecule has 1 saturated carbocycles. The molecule has 1 saturated heterocycles. The van der Waals surface area contributed by atoms with Crippen molar-refractivity contribution in [3.63, 3.8) is 0 Å². The Kier molecular flexibility index (Phi) is 3.19. The Bertz CT molecular complexity index is 715. The summed E-state index contributed by atoms with van der Waals surface area (Å²) < 4.78 is 6.56. The van der Waals surface area contributed by atoms with E-state index in [1.807, 2.05) is 0 Å². The molecular formula is C22H22O2. The molecule has 1 heterocycles.